The normalized spacial score (nSPS) is 11.9. The molecule has 0 aromatic heterocycles. The summed E-state index contributed by atoms with van der Waals surface area (Å²) in [5.74, 6) is 0. The summed E-state index contributed by atoms with van der Waals surface area (Å²) < 4.78 is 0. The van der Waals surface area contributed by atoms with E-state index in [9.17, 15) is 10.0 Å². The minimum Gasteiger partial charge on any atom is -0.423 e. The largest absolute Gasteiger partial charge is 0.488 e. The van der Waals surface area contributed by atoms with E-state index in [0.29, 0.717) is 5.46 Å². The average molecular weight is 442 g/mol. The highest BCUT2D eigenvalue weighted by atomic mass is 16.4. The zero-order valence-corrected chi connectivity index (χ0v) is 19.2. The van der Waals surface area contributed by atoms with E-state index >= 15 is 0 Å². The first-order valence-electron chi connectivity index (χ1n) is 11.3. The van der Waals surface area contributed by atoms with Crippen LogP contribution in [0.3, 0.4) is 0 Å². The lowest BCUT2D eigenvalue weighted by molar-refractivity contribution is 0.426. The van der Waals surface area contributed by atoms with Crippen molar-refractivity contribution < 1.29 is 10.0 Å². The van der Waals surface area contributed by atoms with Crippen molar-refractivity contribution in [3.63, 3.8) is 0 Å². The third kappa shape index (κ3) is 5.02. The molecule has 34 heavy (non-hydrogen) atoms. The molecule has 4 aromatic carbocycles. The van der Waals surface area contributed by atoms with Gasteiger partial charge in [-0.15, -0.1) is 0 Å². The molecule has 4 aromatic rings. The fraction of sp³-hybridized carbons (Fsp3) is 0.0323. The average Bonchev–Trinajstić information content (AvgIpc) is 2.89. The smallest absolute Gasteiger partial charge is 0.423 e. The van der Waals surface area contributed by atoms with Gasteiger partial charge in [-0.25, -0.2) is 0 Å². The topological polar surface area (TPSA) is 40.5 Å². The molecule has 2 N–H and O–H groups in total. The molecule has 4 rings (SSSR count). The van der Waals surface area contributed by atoms with Crippen molar-refractivity contribution in [2.45, 2.75) is 6.92 Å². The van der Waals surface area contributed by atoms with Gasteiger partial charge in [0, 0.05) is 0 Å². The Morgan fingerprint density at radius 1 is 0.676 bits per heavy atom. The van der Waals surface area contributed by atoms with Gasteiger partial charge in [-0.3, -0.25) is 0 Å². The maximum atomic E-state index is 10.1. The molecule has 0 fully saturated rings. The highest BCUT2D eigenvalue weighted by Gasteiger charge is 2.17. The van der Waals surface area contributed by atoms with Crippen LogP contribution in [0.15, 0.2) is 128 Å². The van der Waals surface area contributed by atoms with Gasteiger partial charge in [0.1, 0.15) is 0 Å². The Bertz CT molecular complexity index is 1340. The van der Waals surface area contributed by atoms with Crippen molar-refractivity contribution in [2.75, 3.05) is 0 Å². The van der Waals surface area contributed by atoms with Gasteiger partial charge in [0.05, 0.1) is 0 Å². The molecule has 0 saturated heterocycles. The Morgan fingerprint density at radius 3 is 1.85 bits per heavy atom. The van der Waals surface area contributed by atoms with Crippen LogP contribution in [-0.4, -0.2) is 17.2 Å². The predicted octanol–water partition coefficient (Wildman–Crippen LogP) is 6.37. The monoisotopic (exact) mass is 442 g/mol. The first-order valence-corrected chi connectivity index (χ1v) is 11.3. The van der Waals surface area contributed by atoms with Crippen molar-refractivity contribution >= 4 is 23.7 Å². The van der Waals surface area contributed by atoms with Gasteiger partial charge in [-0.1, -0.05) is 122 Å². The zero-order valence-electron chi connectivity index (χ0n) is 19.2. The van der Waals surface area contributed by atoms with E-state index in [-0.39, 0.29) is 0 Å². The fourth-order valence-corrected chi connectivity index (χ4v) is 4.23. The maximum Gasteiger partial charge on any atom is 0.488 e. The Labute approximate surface area is 202 Å². The molecular weight excluding hydrogens is 415 g/mol. The summed E-state index contributed by atoms with van der Waals surface area (Å²) in [6.07, 6.45) is 5.90. The lowest BCUT2D eigenvalue weighted by Gasteiger charge is -2.16. The Kier molecular flexibility index (Phi) is 7.39. The van der Waals surface area contributed by atoms with Crippen LogP contribution in [-0.2, 0) is 0 Å². The summed E-state index contributed by atoms with van der Waals surface area (Å²) in [7, 11) is -1.59. The molecule has 0 aliphatic carbocycles. The lowest BCUT2D eigenvalue weighted by atomic mass is 9.76. The number of hydrogen-bond donors (Lipinski definition) is 2. The van der Waals surface area contributed by atoms with Gasteiger partial charge in [0.2, 0.25) is 0 Å². The lowest BCUT2D eigenvalue weighted by Crippen LogP contribution is -2.30. The molecule has 3 heteroatoms. The molecule has 166 valence electrons. The number of hydrogen-bond acceptors (Lipinski definition) is 2. The predicted molar refractivity (Wildman–Crippen MR) is 145 cm³/mol. The summed E-state index contributed by atoms with van der Waals surface area (Å²) in [5, 5.41) is 20.2. The van der Waals surface area contributed by atoms with E-state index < -0.39 is 7.12 Å². The van der Waals surface area contributed by atoms with E-state index in [1.54, 1.807) is 0 Å². The first-order chi connectivity index (χ1) is 16.6. The molecule has 0 amide bonds. The van der Waals surface area contributed by atoms with Crippen LogP contribution in [0.4, 0.5) is 0 Å². The maximum absolute atomic E-state index is 10.1. The van der Waals surface area contributed by atoms with Crippen LogP contribution >= 0.6 is 0 Å². The van der Waals surface area contributed by atoms with Crippen LogP contribution in [0, 0.1) is 0 Å². The van der Waals surface area contributed by atoms with E-state index in [0.717, 1.165) is 44.5 Å². The Morgan fingerprint density at radius 2 is 1.26 bits per heavy atom. The van der Waals surface area contributed by atoms with Gasteiger partial charge >= 0.3 is 7.12 Å². The standard InChI is InChI=1S/C31H27BO2/c1-3-13-29(23-14-7-5-8-15-23)28(4-2)25-20-26(22-27(21-25)32(33)34)31-19-12-11-18-30(31)24-16-9-6-10-17-24/h3-22,33-34H,2H2,1H3/b13-3-,29-28-. The minimum atomic E-state index is -1.59. The summed E-state index contributed by atoms with van der Waals surface area (Å²) in [4.78, 5) is 0. The third-order valence-corrected chi connectivity index (χ3v) is 5.80. The highest BCUT2D eigenvalue weighted by Crippen LogP contribution is 2.35. The minimum absolute atomic E-state index is 0.433. The molecule has 0 radical (unpaired) electrons. The molecule has 2 nitrogen and oxygen atoms in total. The van der Waals surface area contributed by atoms with Crippen LogP contribution in [0.5, 0.6) is 0 Å². The van der Waals surface area contributed by atoms with Crippen molar-refractivity contribution in [1.29, 1.82) is 0 Å². The van der Waals surface area contributed by atoms with Gasteiger partial charge in [0.25, 0.3) is 0 Å². The zero-order chi connectivity index (χ0) is 23.9. The number of allylic oxidation sites excluding steroid dienone is 5. The van der Waals surface area contributed by atoms with Crippen molar-refractivity contribution in [2.24, 2.45) is 0 Å². The molecule has 0 saturated carbocycles. The summed E-state index contributed by atoms with van der Waals surface area (Å²) in [5.41, 5.74) is 8.43. The molecule has 0 heterocycles. The van der Waals surface area contributed by atoms with Crippen LogP contribution < -0.4 is 5.46 Å². The van der Waals surface area contributed by atoms with Gasteiger partial charge in [0.15, 0.2) is 0 Å². The van der Waals surface area contributed by atoms with Crippen molar-refractivity contribution in [1.82, 2.24) is 0 Å². The summed E-state index contributed by atoms with van der Waals surface area (Å²) in [6.45, 7) is 6.08. The second-order valence-electron chi connectivity index (χ2n) is 8.03. The Hall–Kier alpha value is -3.92. The molecule has 0 spiro atoms. The van der Waals surface area contributed by atoms with E-state index in [1.165, 1.54) is 0 Å². The second kappa shape index (κ2) is 10.8. The number of benzene rings is 4. The van der Waals surface area contributed by atoms with E-state index in [4.69, 9.17) is 0 Å². The first kappa shape index (κ1) is 23.3. The van der Waals surface area contributed by atoms with Crippen molar-refractivity contribution in [3.8, 4) is 22.3 Å². The number of rotatable bonds is 7. The quantitative estimate of drug-likeness (QED) is 0.198. The molecule has 0 aliphatic rings. The second-order valence-corrected chi connectivity index (χ2v) is 8.03. The van der Waals surface area contributed by atoms with Crippen LogP contribution in [0.2, 0.25) is 0 Å². The third-order valence-electron chi connectivity index (χ3n) is 5.80. The fourth-order valence-electron chi connectivity index (χ4n) is 4.23. The van der Waals surface area contributed by atoms with Gasteiger partial charge < -0.3 is 10.0 Å². The molecular formula is C31H27BO2. The molecule has 0 atom stereocenters. The van der Waals surface area contributed by atoms with E-state index in [2.05, 4.69) is 55.1 Å². The van der Waals surface area contributed by atoms with Gasteiger partial charge in [-0.2, -0.15) is 0 Å². The molecule has 0 aliphatic heterocycles. The van der Waals surface area contributed by atoms with E-state index in [1.807, 2.05) is 79.7 Å². The molecule has 0 unspecified atom stereocenters. The van der Waals surface area contributed by atoms with Crippen LogP contribution in [0.1, 0.15) is 18.1 Å². The summed E-state index contributed by atoms with van der Waals surface area (Å²) in [6, 6.07) is 34.3. The van der Waals surface area contributed by atoms with Crippen LogP contribution in [0.25, 0.3) is 33.4 Å². The molecule has 0 bridgehead atoms. The highest BCUT2D eigenvalue weighted by molar-refractivity contribution is 6.58. The Balaban J connectivity index is 1.98. The van der Waals surface area contributed by atoms with Crippen molar-refractivity contribution in [3.05, 3.63) is 139 Å². The van der Waals surface area contributed by atoms with Gasteiger partial charge in [-0.05, 0) is 63.0 Å². The summed E-state index contributed by atoms with van der Waals surface area (Å²) >= 11 is 0. The SMILES string of the molecule is C=C/C(=C(\C=C/C)c1ccccc1)c1cc(B(O)O)cc(-c2ccccc2-c2ccccc2)c1.